The molecule has 0 bridgehead atoms. The Morgan fingerprint density at radius 2 is 2.22 bits per heavy atom. The van der Waals surface area contributed by atoms with Gasteiger partial charge in [-0.15, -0.1) is 6.58 Å². The Labute approximate surface area is 104 Å². The van der Waals surface area contributed by atoms with Gasteiger partial charge in [0.1, 0.15) is 11.6 Å². The number of amides is 1. The number of aliphatic hydroxyl groups is 1. The van der Waals surface area contributed by atoms with Gasteiger partial charge in [-0.05, 0) is 24.6 Å². The van der Waals surface area contributed by atoms with Gasteiger partial charge in [-0.2, -0.15) is 0 Å². The molecule has 2 N–H and O–H groups in total. The highest BCUT2D eigenvalue weighted by atomic mass is 19.1. The first-order valence-electron chi connectivity index (χ1n) is 5.55. The highest BCUT2D eigenvalue weighted by Crippen LogP contribution is 2.22. The molecule has 5 heteroatoms. The van der Waals surface area contributed by atoms with Gasteiger partial charge >= 0.3 is 0 Å². The second kappa shape index (κ2) is 6.86. The summed E-state index contributed by atoms with van der Waals surface area (Å²) in [5.41, 5.74) is -0.133. The third-order valence-corrected chi connectivity index (χ3v) is 2.41. The van der Waals surface area contributed by atoms with E-state index in [0.29, 0.717) is 6.54 Å². The molecule has 0 aliphatic heterocycles. The Hall–Kier alpha value is -1.75. The summed E-state index contributed by atoms with van der Waals surface area (Å²) < 4.78 is 26.2. The van der Waals surface area contributed by atoms with Crippen molar-refractivity contribution in [3.05, 3.63) is 48.1 Å². The van der Waals surface area contributed by atoms with Crippen LogP contribution in [0.3, 0.4) is 0 Å². The summed E-state index contributed by atoms with van der Waals surface area (Å²) in [4.78, 5) is 11.3. The summed E-state index contributed by atoms with van der Waals surface area (Å²) in [6.07, 6.45) is 0.393. The van der Waals surface area contributed by atoms with Gasteiger partial charge in [0.25, 0.3) is 0 Å². The molecule has 1 aromatic rings. The van der Waals surface area contributed by atoms with Crippen LogP contribution in [0.25, 0.3) is 0 Å². The van der Waals surface area contributed by atoms with Gasteiger partial charge in [0, 0.05) is 18.5 Å². The van der Waals surface area contributed by atoms with Crippen LogP contribution in [0, 0.1) is 11.6 Å². The number of carbonyl (C=O) groups is 1. The Morgan fingerprint density at radius 1 is 1.50 bits per heavy atom. The van der Waals surface area contributed by atoms with Gasteiger partial charge in [0.05, 0.1) is 6.10 Å². The molecule has 0 spiro atoms. The van der Waals surface area contributed by atoms with Gasteiger partial charge in [-0.25, -0.2) is 8.78 Å². The molecule has 0 saturated heterocycles. The quantitative estimate of drug-likeness (QED) is 0.765. The summed E-state index contributed by atoms with van der Waals surface area (Å²) in [5, 5.41) is 12.2. The monoisotopic (exact) mass is 255 g/mol. The van der Waals surface area contributed by atoms with E-state index in [4.69, 9.17) is 0 Å². The number of halogens is 2. The molecule has 0 heterocycles. The van der Waals surface area contributed by atoms with Gasteiger partial charge in [-0.1, -0.05) is 6.08 Å². The Morgan fingerprint density at radius 3 is 2.89 bits per heavy atom. The summed E-state index contributed by atoms with van der Waals surface area (Å²) in [5.74, 6) is -1.58. The normalized spacial score (nSPS) is 11.9. The molecular weight excluding hydrogens is 240 g/mol. The highest BCUT2D eigenvalue weighted by Gasteiger charge is 2.15. The SMILES string of the molecule is C=CCNC(=O)CCC(O)c1cc(F)ccc1F. The lowest BCUT2D eigenvalue weighted by Gasteiger charge is -2.11. The van der Waals surface area contributed by atoms with Crippen molar-refractivity contribution < 1.29 is 18.7 Å². The average Bonchev–Trinajstić information content (AvgIpc) is 2.36. The fraction of sp³-hybridized carbons (Fsp3) is 0.308. The molecular formula is C13H15F2NO2. The molecule has 0 saturated carbocycles. The van der Waals surface area contributed by atoms with Crippen molar-refractivity contribution in [2.75, 3.05) is 6.54 Å². The molecule has 0 radical (unpaired) electrons. The van der Waals surface area contributed by atoms with E-state index in [0.717, 1.165) is 18.2 Å². The van der Waals surface area contributed by atoms with Gasteiger partial charge in [0.15, 0.2) is 0 Å². The van der Waals surface area contributed by atoms with Gasteiger partial charge in [0.2, 0.25) is 5.91 Å². The first kappa shape index (κ1) is 14.3. The second-order valence-corrected chi connectivity index (χ2v) is 3.81. The molecule has 0 aromatic heterocycles. The van der Waals surface area contributed by atoms with Crippen LogP contribution >= 0.6 is 0 Å². The maximum Gasteiger partial charge on any atom is 0.220 e. The van der Waals surface area contributed by atoms with E-state index in [1.165, 1.54) is 6.08 Å². The van der Waals surface area contributed by atoms with Crippen molar-refractivity contribution in [3.8, 4) is 0 Å². The number of rotatable bonds is 6. The van der Waals surface area contributed by atoms with E-state index in [9.17, 15) is 18.7 Å². The summed E-state index contributed by atoms with van der Waals surface area (Å²) in [6, 6.07) is 2.86. The van der Waals surface area contributed by atoms with Crippen molar-refractivity contribution in [1.29, 1.82) is 0 Å². The summed E-state index contributed by atoms with van der Waals surface area (Å²) >= 11 is 0. The Balaban J connectivity index is 2.54. The molecule has 1 unspecified atom stereocenters. The minimum atomic E-state index is -1.20. The molecule has 1 atom stereocenters. The van der Waals surface area contributed by atoms with Crippen LogP contribution < -0.4 is 5.32 Å². The van der Waals surface area contributed by atoms with Gasteiger partial charge in [-0.3, -0.25) is 4.79 Å². The lowest BCUT2D eigenvalue weighted by Crippen LogP contribution is -2.23. The Bertz CT molecular complexity index is 435. The van der Waals surface area contributed by atoms with Crippen molar-refractivity contribution in [2.45, 2.75) is 18.9 Å². The number of hydrogen-bond acceptors (Lipinski definition) is 2. The lowest BCUT2D eigenvalue weighted by atomic mass is 10.0. The van der Waals surface area contributed by atoms with Crippen molar-refractivity contribution in [2.24, 2.45) is 0 Å². The van der Waals surface area contributed by atoms with Crippen LogP contribution in [0.5, 0.6) is 0 Å². The van der Waals surface area contributed by atoms with Crippen molar-refractivity contribution in [1.82, 2.24) is 5.32 Å². The number of hydrogen-bond donors (Lipinski definition) is 2. The molecule has 0 fully saturated rings. The smallest absolute Gasteiger partial charge is 0.220 e. The minimum absolute atomic E-state index is 0.0311. The molecule has 18 heavy (non-hydrogen) atoms. The number of aliphatic hydroxyl groups excluding tert-OH is 1. The molecule has 1 amide bonds. The van der Waals surface area contributed by atoms with E-state index in [2.05, 4.69) is 11.9 Å². The molecule has 0 aliphatic carbocycles. The largest absolute Gasteiger partial charge is 0.388 e. The van der Waals surface area contributed by atoms with Crippen LogP contribution in [0.1, 0.15) is 24.5 Å². The lowest BCUT2D eigenvalue weighted by molar-refractivity contribution is -0.121. The summed E-state index contributed by atoms with van der Waals surface area (Å²) in [6.45, 7) is 3.78. The van der Waals surface area contributed by atoms with Crippen LogP contribution in [-0.2, 0) is 4.79 Å². The van der Waals surface area contributed by atoms with Crippen molar-refractivity contribution >= 4 is 5.91 Å². The molecule has 0 aliphatic rings. The van der Waals surface area contributed by atoms with Crippen LogP contribution in [-0.4, -0.2) is 17.6 Å². The van der Waals surface area contributed by atoms with Gasteiger partial charge < -0.3 is 10.4 Å². The topological polar surface area (TPSA) is 49.3 Å². The zero-order valence-corrected chi connectivity index (χ0v) is 9.83. The predicted octanol–water partition coefficient (Wildman–Crippen LogP) is 2.08. The zero-order valence-electron chi connectivity index (χ0n) is 9.83. The van der Waals surface area contributed by atoms with E-state index in [1.807, 2.05) is 0 Å². The summed E-state index contributed by atoms with van der Waals surface area (Å²) in [7, 11) is 0. The second-order valence-electron chi connectivity index (χ2n) is 3.81. The number of nitrogens with one attached hydrogen (secondary N) is 1. The van der Waals surface area contributed by atoms with Crippen LogP contribution in [0.4, 0.5) is 8.78 Å². The maximum atomic E-state index is 13.3. The predicted molar refractivity (Wildman–Crippen MR) is 63.8 cm³/mol. The minimum Gasteiger partial charge on any atom is -0.388 e. The van der Waals surface area contributed by atoms with Crippen molar-refractivity contribution in [3.63, 3.8) is 0 Å². The standard InChI is InChI=1S/C13H15F2NO2/c1-2-7-16-13(18)6-5-12(17)10-8-9(14)3-4-11(10)15/h2-4,8,12,17H,1,5-7H2,(H,16,18). The first-order chi connectivity index (χ1) is 8.54. The molecule has 1 aromatic carbocycles. The Kier molecular flexibility index (Phi) is 5.45. The fourth-order valence-electron chi connectivity index (χ4n) is 1.47. The van der Waals surface area contributed by atoms with Crippen LogP contribution in [0.15, 0.2) is 30.9 Å². The van der Waals surface area contributed by atoms with E-state index in [-0.39, 0.29) is 24.3 Å². The zero-order chi connectivity index (χ0) is 13.5. The number of carbonyl (C=O) groups excluding carboxylic acids is 1. The molecule has 1 rings (SSSR count). The average molecular weight is 255 g/mol. The molecule has 98 valence electrons. The van der Waals surface area contributed by atoms with E-state index < -0.39 is 17.7 Å². The third-order valence-electron chi connectivity index (χ3n) is 2.41. The van der Waals surface area contributed by atoms with E-state index in [1.54, 1.807) is 0 Å². The van der Waals surface area contributed by atoms with Crippen LogP contribution in [0.2, 0.25) is 0 Å². The fourth-order valence-corrected chi connectivity index (χ4v) is 1.47. The maximum absolute atomic E-state index is 13.3. The third kappa shape index (κ3) is 4.25. The molecule has 3 nitrogen and oxygen atoms in total. The van der Waals surface area contributed by atoms with E-state index >= 15 is 0 Å². The first-order valence-corrected chi connectivity index (χ1v) is 5.55. The number of benzene rings is 1. The highest BCUT2D eigenvalue weighted by molar-refractivity contribution is 5.76.